The maximum absolute atomic E-state index is 12.5. The number of ether oxygens (including phenoxy) is 1. The second-order valence-electron chi connectivity index (χ2n) is 4.76. The van der Waals surface area contributed by atoms with Gasteiger partial charge < -0.3 is 10.5 Å². The maximum Gasteiger partial charge on any atom is 0.387 e. The largest absolute Gasteiger partial charge is 0.434 e. The van der Waals surface area contributed by atoms with Gasteiger partial charge in [-0.3, -0.25) is 4.68 Å². The lowest BCUT2D eigenvalue weighted by Gasteiger charge is -2.12. The Morgan fingerprint density at radius 3 is 2.52 bits per heavy atom. The summed E-state index contributed by atoms with van der Waals surface area (Å²) in [4.78, 5) is 0. The molecule has 1 heterocycles. The standard InChI is InChI=1S/C15H19F2N3O/c1-3-10(4-2)20-9-12(18)14(19-20)11-7-5-6-8-13(11)21-15(16)17/h5-10,15H,3-4,18H2,1-2H3. The van der Waals surface area contributed by atoms with Gasteiger partial charge in [0.15, 0.2) is 0 Å². The van der Waals surface area contributed by atoms with E-state index in [0.29, 0.717) is 16.9 Å². The van der Waals surface area contributed by atoms with Gasteiger partial charge in [-0.15, -0.1) is 0 Å². The zero-order valence-corrected chi connectivity index (χ0v) is 12.1. The Balaban J connectivity index is 2.43. The highest BCUT2D eigenvalue weighted by molar-refractivity contribution is 5.76. The third kappa shape index (κ3) is 3.32. The number of para-hydroxylation sites is 1. The first-order valence-corrected chi connectivity index (χ1v) is 6.95. The molecule has 0 saturated heterocycles. The van der Waals surface area contributed by atoms with Crippen LogP contribution in [0.25, 0.3) is 11.3 Å². The maximum atomic E-state index is 12.5. The molecule has 0 amide bonds. The lowest BCUT2D eigenvalue weighted by atomic mass is 10.1. The van der Waals surface area contributed by atoms with E-state index < -0.39 is 6.61 Å². The first-order chi connectivity index (χ1) is 10.1. The molecule has 4 nitrogen and oxygen atoms in total. The Kier molecular flexibility index (Phi) is 4.77. The van der Waals surface area contributed by atoms with Gasteiger partial charge in [0.05, 0.1) is 11.7 Å². The van der Waals surface area contributed by atoms with Gasteiger partial charge in [-0.05, 0) is 25.0 Å². The number of alkyl halides is 2. The van der Waals surface area contributed by atoms with Crippen molar-refractivity contribution in [3.63, 3.8) is 0 Å². The quantitative estimate of drug-likeness (QED) is 0.873. The molecule has 1 aromatic heterocycles. The van der Waals surface area contributed by atoms with Gasteiger partial charge in [0, 0.05) is 11.8 Å². The molecule has 0 aliphatic heterocycles. The summed E-state index contributed by atoms with van der Waals surface area (Å²) in [6.45, 7) is 1.26. The van der Waals surface area contributed by atoms with Gasteiger partial charge in [-0.25, -0.2) is 0 Å². The Morgan fingerprint density at radius 2 is 1.90 bits per heavy atom. The van der Waals surface area contributed by atoms with Gasteiger partial charge in [0.1, 0.15) is 11.4 Å². The van der Waals surface area contributed by atoms with Crippen molar-refractivity contribution >= 4 is 5.69 Å². The van der Waals surface area contributed by atoms with E-state index >= 15 is 0 Å². The number of nitrogen functional groups attached to an aromatic ring is 1. The topological polar surface area (TPSA) is 53.1 Å². The summed E-state index contributed by atoms with van der Waals surface area (Å²) in [6.07, 6.45) is 3.59. The van der Waals surface area contributed by atoms with Crippen LogP contribution in [0.4, 0.5) is 14.5 Å². The van der Waals surface area contributed by atoms with Crippen molar-refractivity contribution in [3.05, 3.63) is 30.5 Å². The van der Waals surface area contributed by atoms with Crippen LogP contribution in [0.5, 0.6) is 5.75 Å². The molecule has 2 rings (SSSR count). The van der Waals surface area contributed by atoms with Crippen molar-refractivity contribution in [1.29, 1.82) is 0 Å². The van der Waals surface area contributed by atoms with E-state index in [4.69, 9.17) is 5.73 Å². The number of benzene rings is 1. The minimum absolute atomic E-state index is 0.0778. The number of halogens is 2. The highest BCUT2D eigenvalue weighted by Gasteiger charge is 2.17. The summed E-state index contributed by atoms with van der Waals surface area (Å²) in [5.74, 6) is 0.0778. The van der Waals surface area contributed by atoms with Crippen LogP contribution >= 0.6 is 0 Å². The van der Waals surface area contributed by atoms with Crippen molar-refractivity contribution < 1.29 is 13.5 Å². The predicted octanol–water partition coefficient (Wildman–Crippen LogP) is 4.09. The van der Waals surface area contributed by atoms with E-state index in [1.807, 2.05) is 0 Å². The summed E-state index contributed by atoms with van der Waals surface area (Å²) in [5, 5.41) is 4.46. The van der Waals surface area contributed by atoms with Crippen molar-refractivity contribution in [2.75, 3.05) is 5.73 Å². The third-order valence-electron chi connectivity index (χ3n) is 3.44. The molecule has 0 spiro atoms. The lowest BCUT2D eigenvalue weighted by Crippen LogP contribution is -2.07. The average molecular weight is 295 g/mol. The van der Waals surface area contributed by atoms with Gasteiger partial charge in [-0.1, -0.05) is 26.0 Å². The van der Waals surface area contributed by atoms with Crippen LogP contribution in [-0.4, -0.2) is 16.4 Å². The summed E-state index contributed by atoms with van der Waals surface area (Å²) in [6, 6.07) is 6.77. The van der Waals surface area contributed by atoms with E-state index in [9.17, 15) is 8.78 Å². The highest BCUT2D eigenvalue weighted by Crippen LogP contribution is 2.34. The van der Waals surface area contributed by atoms with Gasteiger partial charge in [0.2, 0.25) is 0 Å². The number of nitrogens with two attached hydrogens (primary N) is 1. The summed E-state index contributed by atoms with van der Waals surface area (Å²) in [7, 11) is 0. The molecule has 0 radical (unpaired) electrons. The van der Waals surface area contributed by atoms with Crippen molar-refractivity contribution in [1.82, 2.24) is 9.78 Å². The average Bonchev–Trinajstić information content (AvgIpc) is 2.82. The minimum atomic E-state index is -2.88. The fourth-order valence-electron chi connectivity index (χ4n) is 2.33. The zero-order valence-electron chi connectivity index (χ0n) is 12.1. The molecule has 0 unspecified atom stereocenters. The van der Waals surface area contributed by atoms with Gasteiger partial charge in [-0.2, -0.15) is 13.9 Å². The zero-order chi connectivity index (χ0) is 15.4. The Bertz CT molecular complexity index is 594. The van der Waals surface area contributed by atoms with Crippen molar-refractivity contribution in [3.8, 4) is 17.0 Å². The number of nitrogens with zero attached hydrogens (tertiary/aromatic N) is 2. The van der Waals surface area contributed by atoms with Gasteiger partial charge >= 0.3 is 6.61 Å². The van der Waals surface area contributed by atoms with Gasteiger partial charge in [0.25, 0.3) is 0 Å². The highest BCUT2D eigenvalue weighted by atomic mass is 19.3. The predicted molar refractivity (Wildman–Crippen MR) is 78.3 cm³/mol. The third-order valence-corrected chi connectivity index (χ3v) is 3.44. The molecule has 114 valence electrons. The van der Waals surface area contributed by atoms with E-state index in [1.165, 1.54) is 6.07 Å². The van der Waals surface area contributed by atoms with Crippen LogP contribution in [0.2, 0.25) is 0 Å². The van der Waals surface area contributed by atoms with E-state index in [2.05, 4.69) is 23.7 Å². The molecule has 0 aliphatic rings. The fourth-order valence-corrected chi connectivity index (χ4v) is 2.33. The van der Waals surface area contributed by atoms with Crippen LogP contribution in [0.15, 0.2) is 30.5 Å². The first kappa shape index (κ1) is 15.3. The second-order valence-corrected chi connectivity index (χ2v) is 4.76. The molecule has 0 fully saturated rings. The Morgan fingerprint density at radius 1 is 1.24 bits per heavy atom. The molecule has 0 bridgehead atoms. The molecular formula is C15H19F2N3O. The molecule has 21 heavy (non-hydrogen) atoms. The number of hydrogen-bond acceptors (Lipinski definition) is 3. The van der Waals surface area contributed by atoms with E-state index in [-0.39, 0.29) is 11.8 Å². The monoisotopic (exact) mass is 295 g/mol. The molecular weight excluding hydrogens is 276 g/mol. The van der Waals surface area contributed by atoms with E-state index in [0.717, 1.165) is 12.8 Å². The SMILES string of the molecule is CCC(CC)n1cc(N)c(-c2ccccc2OC(F)F)n1. The molecule has 0 atom stereocenters. The number of hydrogen-bond donors (Lipinski definition) is 1. The molecule has 1 aromatic carbocycles. The fraction of sp³-hybridized carbons (Fsp3) is 0.400. The van der Waals surface area contributed by atoms with Crippen LogP contribution in [-0.2, 0) is 0 Å². The van der Waals surface area contributed by atoms with Crippen LogP contribution in [0.1, 0.15) is 32.7 Å². The molecule has 0 aliphatic carbocycles. The molecule has 2 aromatic rings. The van der Waals surface area contributed by atoms with E-state index in [1.54, 1.807) is 29.1 Å². The molecule has 2 N–H and O–H groups in total. The number of anilines is 1. The first-order valence-electron chi connectivity index (χ1n) is 6.95. The van der Waals surface area contributed by atoms with Crippen LogP contribution in [0.3, 0.4) is 0 Å². The lowest BCUT2D eigenvalue weighted by molar-refractivity contribution is -0.0494. The van der Waals surface area contributed by atoms with Crippen molar-refractivity contribution in [2.24, 2.45) is 0 Å². The minimum Gasteiger partial charge on any atom is -0.434 e. The summed E-state index contributed by atoms with van der Waals surface area (Å²) >= 11 is 0. The van der Waals surface area contributed by atoms with Crippen LogP contribution in [0, 0.1) is 0 Å². The molecule has 6 heteroatoms. The Hall–Kier alpha value is -2.11. The van der Waals surface area contributed by atoms with Crippen molar-refractivity contribution in [2.45, 2.75) is 39.3 Å². The second kappa shape index (κ2) is 6.56. The number of rotatable bonds is 6. The normalized spacial score (nSPS) is 11.3. The summed E-state index contributed by atoms with van der Waals surface area (Å²) in [5.41, 5.74) is 7.39. The van der Waals surface area contributed by atoms with Crippen LogP contribution < -0.4 is 10.5 Å². The molecule has 0 saturated carbocycles. The Labute approximate surface area is 122 Å². The summed E-state index contributed by atoms with van der Waals surface area (Å²) < 4.78 is 31.3. The number of aromatic nitrogens is 2. The smallest absolute Gasteiger partial charge is 0.387 e.